The number of aliphatic hydroxyl groups excluding tert-OH is 1. The van der Waals surface area contributed by atoms with Crippen LogP contribution >= 0.6 is 0 Å². The number of hydrogen-bond acceptors (Lipinski definition) is 1. The van der Waals surface area contributed by atoms with Gasteiger partial charge < -0.3 is 5.11 Å². The summed E-state index contributed by atoms with van der Waals surface area (Å²) >= 11 is 0. The molecule has 1 nitrogen and oxygen atoms in total. The van der Waals surface area contributed by atoms with Crippen molar-refractivity contribution in [3.63, 3.8) is 0 Å². The van der Waals surface area contributed by atoms with Gasteiger partial charge in [-0.25, -0.2) is 0 Å². The quantitative estimate of drug-likeness (QED) is 0.852. The van der Waals surface area contributed by atoms with E-state index in [-0.39, 0.29) is 6.10 Å². The van der Waals surface area contributed by atoms with E-state index in [2.05, 4.69) is 63.2 Å². The molecule has 0 aliphatic heterocycles. The molecule has 1 N–H and O–H groups in total. The second-order valence-corrected chi connectivity index (χ2v) is 5.84. The van der Waals surface area contributed by atoms with Crippen LogP contribution in [0, 0.1) is 13.8 Å². The first kappa shape index (κ1) is 14.8. The van der Waals surface area contributed by atoms with Crippen molar-refractivity contribution in [2.24, 2.45) is 0 Å². The maximum Gasteiger partial charge on any atom is 0.0586 e. The van der Waals surface area contributed by atoms with Gasteiger partial charge in [0, 0.05) is 0 Å². The lowest BCUT2D eigenvalue weighted by Crippen LogP contribution is -2.14. The molecule has 2 aromatic rings. The first-order valence-corrected chi connectivity index (χ1v) is 7.35. The molecule has 2 unspecified atom stereocenters. The highest BCUT2D eigenvalue weighted by Gasteiger charge is 2.13. The summed E-state index contributed by atoms with van der Waals surface area (Å²) in [6.07, 6.45) is 1.26. The average Bonchev–Trinajstić information content (AvgIpc) is 2.43. The molecule has 0 aromatic heterocycles. The Labute approximate surface area is 122 Å². The summed E-state index contributed by atoms with van der Waals surface area (Å²) in [6, 6.07) is 16.9. The van der Waals surface area contributed by atoms with Crippen LogP contribution in [-0.2, 0) is 6.42 Å². The highest BCUT2D eigenvalue weighted by Crippen LogP contribution is 2.22. The molecular weight excluding hydrogens is 244 g/mol. The first-order valence-electron chi connectivity index (χ1n) is 7.35. The fraction of sp³-hybridized carbons (Fsp3) is 0.368. The van der Waals surface area contributed by atoms with Crippen LogP contribution in [0.3, 0.4) is 0 Å². The molecule has 0 saturated heterocycles. The van der Waals surface area contributed by atoms with Crippen molar-refractivity contribution in [2.45, 2.75) is 45.6 Å². The number of aryl methyl sites for hydroxylation is 2. The van der Waals surface area contributed by atoms with Crippen LogP contribution in [0.25, 0.3) is 0 Å². The van der Waals surface area contributed by atoms with Crippen LogP contribution in [0.5, 0.6) is 0 Å². The summed E-state index contributed by atoms with van der Waals surface area (Å²) in [5.74, 6) is 0.385. The van der Waals surface area contributed by atoms with Gasteiger partial charge >= 0.3 is 0 Å². The molecule has 0 heterocycles. The third-order valence-electron chi connectivity index (χ3n) is 3.95. The van der Waals surface area contributed by atoms with E-state index in [1.807, 2.05) is 6.07 Å². The van der Waals surface area contributed by atoms with E-state index in [9.17, 15) is 5.11 Å². The summed E-state index contributed by atoms with van der Waals surface area (Å²) in [6.45, 7) is 6.39. The van der Waals surface area contributed by atoms with E-state index in [4.69, 9.17) is 0 Å². The molecule has 2 atom stereocenters. The van der Waals surface area contributed by atoms with Crippen molar-refractivity contribution in [1.82, 2.24) is 0 Å². The Bertz CT molecular complexity index is 545. The van der Waals surface area contributed by atoms with E-state index < -0.39 is 0 Å². The normalized spacial score (nSPS) is 14.0. The van der Waals surface area contributed by atoms with Crippen molar-refractivity contribution in [2.75, 3.05) is 0 Å². The molecule has 2 rings (SSSR count). The van der Waals surface area contributed by atoms with Crippen LogP contribution in [0.4, 0.5) is 0 Å². The topological polar surface area (TPSA) is 20.2 Å². The number of aliphatic hydroxyl groups is 1. The summed E-state index contributed by atoms with van der Waals surface area (Å²) < 4.78 is 0. The summed E-state index contributed by atoms with van der Waals surface area (Å²) in [4.78, 5) is 0. The van der Waals surface area contributed by atoms with Crippen LogP contribution in [-0.4, -0.2) is 11.2 Å². The van der Waals surface area contributed by atoms with E-state index in [0.29, 0.717) is 5.92 Å². The second kappa shape index (κ2) is 6.71. The zero-order chi connectivity index (χ0) is 14.5. The molecule has 0 fully saturated rings. The second-order valence-electron chi connectivity index (χ2n) is 5.84. The molecule has 106 valence electrons. The maximum atomic E-state index is 10.3. The van der Waals surface area contributed by atoms with Crippen LogP contribution < -0.4 is 0 Å². The first-order chi connectivity index (χ1) is 9.56. The predicted molar refractivity (Wildman–Crippen MR) is 85.1 cm³/mol. The van der Waals surface area contributed by atoms with Crippen molar-refractivity contribution in [3.8, 4) is 0 Å². The van der Waals surface area contributed by atoms with Gasteiger partial charge in [0.05, 0.1) is 6.10 Å². The summed E-state index contributed by atoms with van der Waals surface area (Å²) in [5, 5.41) is 10.3. The smallest absolute Gasteiger partial charge is 0.0586 e. The zero-order valence-electron chi connectivity index (χ0n) is 12.6. The average molecular weight is 268 g/mol. The Morgan fingerprint density at radius 2 is 1.70 bits per heavy atom. The van der Waals surface area contributed by atoms with Gasteiger partial charge in [-0.05, 0) is 49.3 Å². The third-order valence-corrected chi connectivity index (χ3v) is 3.95. The summed E-state index contributed by atoms with van der Waals surface area (Å²) in [7, 11) is 0. The van der Waals surface area contributed by atoms with Crippen molar-refractivity contribution in [3.05, 3.63) is 70.8 Å². The van der Waals surface area contributed by atoms with Gasteiger partial charge in [0.2, 0.25) is 0 Å². The summed E-state index contributed by atoms with van der Waals surface area (Å²) in [5.41, 5.74) is 5.08. The number of benzene rings is 2. The molecule has 0 saturated carbocycles. The van der Waals surface area contributed by atoms with E-state index in [0.717, 1.165) is 12.8 Å². The Balaban J connectivity index is 1.99. The predicted octanol–water partition coefficient (Wildman–Crippen LogP) is 4.40. The lowest BCUT2D eigenvalue weighted by atomic mass is 9.91. The Morgan fingerprint density at radius 3 is 2.40 bits per heavy atom. The monoisotopic (exact) mass is 268 g/mol. The van der Waals surface area contributed by atoms with Crippen LogP contribution in [0.1, 0.15) is 41.5 Å². The SMILES string of the molecule is Cc1ccc(C)c(CC(O)CC(C)c2ccccc2)c1. The molecule has 0 bridgehead atoms. The van der Waals surface area contributed by atoms with Gasteiger partial charge in [0.15, 0.2) is 0 Å². The molecule has 0 aliphatic rings. The third kappa shape index (κ3) is 3.94. The largest absolute Gasteiger partial charge is 0.393 e. The minimum absolute atomic E-state index is 0.286. The lowest BCUT2D eigenvalue weighted by molar-refractivity contribution is 0.157. The highest BCUT2D eigenvalue weighted by molar-refractivity contribution is 5.31. The minimum atomic E-state index is -0.286. The van der Waals surface area contributed by atoms with Gasteiger partial charge in [-0.15, -0.1) is 0 Å². The Hall–Kier alpha value is -1.60. The van der Waals surface area contributed by atoms with Crippen LogP contribution in [0.2, 0.25) is 0 Å². The lowest BCUT2D eigenvalue weighted by Gasteiger charge is -2.18. The standard InChI is InChI=1S/C19H24O/c1-14-9-10-15(2)18(11-14)13-19(20)12-16(3)17-7-5-4-6-8-17/h4-11,16,19-20H,12-13H2,1-3H3. The van der Waals surface area contributed by atoms with Crippen molar-refractivity contribution < 1.29 is 5.11 Å². The maximum absolute atomic E-state index is 10.3. The van der Waals surface area contributed by atoms with Gasteiger partial charge in [-0.1, -0.05) is 61.0 Å². The van der Waals surface area contributed by atoms with E-state index in [1.165, 1.54) is 22.3 Å². The fourth-order valence-electron chi connectivity index (χ4n) is 2.68. The molecule has 0 radical (unpaired) electrons. The van der Waals surface area contributed by atoms with Gasteiger partial charge in [0.1, 0.15) is 0 Å². The van der Waals surface area contributed by atoms with E-state index in [1.54, 1.807) is 0 Å². The fourth-order valence-corrected chi connectivity index (χ4v) is 2.68. The number of rotatable bonds is 5. The van der Waals surface area contributed by atoms with Gasteiger partial charge in [-0.2, -0.15) is 0 Å². The molecule has 2 aromatic carbocycles. The molecule has 1 heteroatoms. The van der Waals surface area contributed by atoms with E-state index >= 15 is 0 Å². The van der Waals surface area contributed by atoms with Gasteiger partial charge in [0.25, 0.3) is 0 Å². The Morgan fingerprint density at radius 1 is 1.00 bits per heavy atom. The number of hydrogen-bond donors (Lipinski definition) is 1. The Kier molecular flexibility index (Phi) is 4.97. The van der Waals surface area contributed by atoms with Crippen molar-refractivity contribution in [1.29, 1.82) is 0 Å². The molecule has 0 spiro atoms. The molecular formula is C19H24O. The van der Waals surface area contributed by atoms with Gasteiger partial charge in [-0.3, -0.25) is 0 Å². The highest BCUT2D eigenvalue weighted by atomic mass is 16.3. The zero-order valence-corrected chi connectivity index (χ0v) is 12.6. The van der Waals surface area contributed by atoms with Crippen molar-refractivity contribution >= 4 is 0 Å². The molecule has 20 heavy (non-hydrogen) atoms. The van der Waals surface area contributed by atoms with Crippen LogP contribution in [0.15, 0.2) is 48.5 Å². The minimum Gasteiger partial charge on any atom is -0.393 e. The molecule has 0 amide bonds. The molecule has 0 aliphatic carbocycles.